The van der Waals surface area contributed by atoms with Crippen molar-refractivity contribution >= 4 is 17.3 Å². The Morgan fingerprint density at radius 1 is 1.26 bits per heavy atom. The van der Waals surface area contributed by atoms with Gasteiger partial charge in [-0.3, -0.25) is 4.79 Å². The molecule has 3 nitrogen and oxygen atoms in total. The summed E-state index contributed by atoms with van der Waals surface area (Å²) in [5, 5.41) is 3.00. The van der Waals surface area contributed by atoms with Gasteiger partial charge in [0.2, 0.25) is 5.91 Å². The van der Waals surface area contributed by atoms with E-state index in [1.807, 2.05) is 25.1 Å². The lowest BCUT2D eigenvalue weighted by Crippen LogP contribution is -2.17. The van der Waals surface area contributed by atoms with Crippen molar-refractivity contribution in [3.05, 3.63) is 23.8 Å². The average Bonchev–Trinajstić information content (AvgIpc) is 2.62. The summed E-state index contributed by atoms with van der Waals surface area (Å²) in [5.41, 5.74) is 8.35. The minimum Gasteiger partial charge on any atom is -0.399 e. The first kappa shape index (κ1) is 13.9. The number of nitrogens with one attached hydrogen (secondary N) is 1. The SMILES string of the molecule is Cc1ccc(N)cc1NC(=O)CC1CCCCCC1. The quantitative estimate of drug-likeness (QED) is 0.640. The molecule has 1 amide bonds. The van der Waals surface area contributed by atoms with Crippen molar-refractivity contribution in [2.24, 2.45) is 5.92 Å². The zero-order chi connectivity index (χ0) is 13.7. The Morgan fingerprint density at radius 3 is 2.63 bits per heavy atom. The van der Waals surface area contributed by atoms with E-state index in [0.717, 1.165) is 11.3 Å². The van der Waals surface area contributed by atoms with Crippen molar-refractivity contribution in [2.45, 2.75) is 51.9 Å². The summed E-state index contributed by atoms with van der Waals surface area (Å²) in [5.74, 6) is 0.685. The number of nitrogens with two attached hydrogens (primary N) is 1. The van der Waals surface area contributed by atoms with Gasteiger partial charge in [0, 0.05) is 17.8 Å². The van der Waals surface area contributed by atoms with E-state index in [2.05, 4.69) is 5.32 Å². The van der Waals surface area contributed by atoms with E-state index >= 15 is 0 Å². The molecule has 0 heterocycles. The largest absolute Gasteiger partial charge is 0.399 e. The molecule has 0 saturated heterocycles. The molecular weight excluding hydrogens is 236 g/mol. The number of amides is 1. The molecule has 0 aliphatic heterocycles. The second-order valence-electron chi connectivity index (χ2n) is 5.68. The maximum atomic E-state index is 12.1. The molecule has 1 fully saturated rings. The van der Waals surface area contributed by atoms with Crippen LogP contribution < -0.4 is 11.1 Å². The van der Waals surface area contributed by atoms with Gasteiger partial charge < -0.3 is 11.1 Å². The highest BCUT2D eigenvalue weighted by atomic mass is 16.1. The van der Waals surface area contributed by atoms with Crippen LogP contribution in [0.3, 0.4) is 0 Å². The molecule has 0 radical (unpaired) electrons. The van der Waals surface area contributed by atoms with Crippen molar-refractivity contribution < 1.29 is 4.79 Å². The molecule has 0 aromatic heterocycles. The van der Waals surface area contributed by atoms with Crippen molar-refractivity contribution in [1.29, 1.82) is 0 Å². The van der Waals surface area contributed by atoms with Crippen molar-refractivity contribution in [2.75, 3.05) is 11.1 Å². The average molecular weight is 260 g/mol. The number of hydrogen-bond acceptors (Lipinski definition) is 2. The molecule has 0 spiro atoms. The normalized spacial score (nSPS) is 16.9. The molecule has 1 aromatic rings. The first-order chi connectivity index (χ1) is 9.15. The first-order valence-electron chi connectivity index (χ1n) is 7.31. The maximum absolute atomic E-state index is 12.1. The number of carbonyl (C=O) groups excluding carboxylic acids is 1. The van der Waals surface area contributed by atoms with Gasteiger partial charge in [0.05, 0.1) is 0 Å². The second kappa shape index (κ2) is 6.60. The second-order valence-corrected chi connectivity index (χ2v) is 5.68. The van der Waals surface area contributed by atoms with Gasteiger partial charge in [0.15, 0.2) is 0 Å². The van der Waals surface area contributed by atoms with Gasteiger partial charge >= 0.3 is 0 Å². The van der Waals surface area contributed by atoms with Gasteiger partial charge in [-0.2, -0.15) is 0 Å². The molecule has 0 unspecified atom stereocenters. The molecule has 1 aromatic carbocycles. The highest BCUT2D eigenvalue weighted by molar-refractivity contribution is 5.92. The van der Waals surface area contributed by atoms with Crippen LogP contribution in [0.1, 0.15) is 50.5 Å². The van der Waals surface area contributed by atoms with Gasteiger partial charge in [-0.25, -0.2) is 0 Å². The smallest absolute Gasteiger partial charge is 0.224 e. The lowest BCUT2D eigenvalue weighted by atomic mass is 9.96. The van der Waals surface area contributed by atoms with E-state index in [4.69, 9.17) is 5.73 Å². The summed E-state index contributed by atoms with van der Waals surface area (Å²) in [6.45, 7) is 1.99. The summed E-state index contributed by atoms with van der Waals surface area (Å²) in [4.78, 5) is 12.1. The summed E-state index contributed by atoms with van der Waals surface area (Å²) < 4.78 is 0. The summed E-state index contributed by atoms with van der Waals surface area (Å²) in [7, 11) is 0. The fourth-order valence-corrected chi connectivity index (χ4v) is 2.81. The Morgan fingerprint density at radius 2 is 1.95 bits per heavy atom. The molecule has 1 saturated carbocycles. The van der Waals surface area contributed by atoms with E-state index in [-0.39, 0.29) is 5.91 Å². The number of carbonyl (C=O) groups is 1. The highest BCUT2D eigenvalue weighted by Crippen LogP contribution is 2.26. The Labute approximate surface area is 115 Å². The molecule has 0 bridgehead atoms. The van der Waals surface area contributed by atoms with Crippen LogP contribution in [0, 0.1) is 12.8 Å². The lowest BCUT2D eigenvalue weighted by Gasteiger charge is -2.14. The summed E-state index contributed by atoms with van der Waals surface area (Å²) in [6, 6.07) is 5.63. The van der Waals surface area contributed by atoms with E-state index in [9.17, 15) is 4.79 Å². The molecule has 0 atom stereocenters. The van der Waals surface area contributed by atoms with Gasteiger partial charge in [0.25, 0.3) is 0 Å². The molecule has 3 N–H and O–H groups in total. The van der Waals surface area contributed by atoms with Gasteiger partial charge in [-0.1, -0.05) is 31.7 Å². The van der Waals surface area contributed by atoms with Crippen LogP contribution in [0.15, 0.2) is 18.2 Å². The Kier molecular flexibility index (Phi) is 4.83. The monoisotopic (exact) mass is 260 g/mol. The first-order valence-corrected chi connectivity index (χ1v) is 7.31. The molecule has 1 aliphatic rings. The van der Waals surface area contributed by atoms with E-state index < -0.39 is 0 Å². The van der Waals surface area contributed by atoms with Crippen LogP contribution in [-0.4, -0.2) is 5.91 Å². The third-order valence-electron chi connectivity index (χ3n) is 3.98. The Hall–Kier alpha value is -1.51. The van der Waals surface area contributed by atoms with Gasteiger partial charge in [0.1, 0.15) is 0 Å². The topological polar surface area (TPSA) is 55.1 Å². The number of aryl methyl sites for hydroxylation is 1. The fraction of sp³-hybridized carbons (Fsp3) is 0.562. The molecule has 2 rings (SSSR count). The minimum atomic E-state index is 0.126. The molecule has 3 heteroatoms. The van der Waals surface area contributed by atoms with E-state index in [0.29, 0.717) is 18.0 Å². The third kappa shape index (κ3) is 4.27. The lowest BCUT2D eigenvalue weighted by molar-refractivity contribution is -0.117. The number of nitrogen functional groups attached to an aromatic ring is 1. The number of rotatable bonds is 3. The van der Waals surface area contributed by atoms with Crippen LogP contribution in [0.5, 0.6) is 0 Å². The maximum Gasteiger partial charge on any atom is 0.224 e. The van der Waals surface area contributed by atoms with Crippen molar-refractivity contribution in [3.63, 3.8) is 0 Å². The highest BCUT2D eigenvalue weighted by Gasteiger charge is 2.16. The molecular formula is C16H24N2O. The molecule has 19 heavy (non-hydrogen) atoms. The number of hydrogen-bond donors (Lipinski definition) is 2. The predicted octanol–water partition coefficient (Wildman–Crippen LogP) is 3.88. The van der Waals surface area contributed by atoms with Gasteiger partial charge in [-0.15, -0.1) is 0 Å². The summed E-state index contributed by atoms with van der Waals surface area (Å²) >= 11 is 0. The zero-order valence-corrected chi connectivity index (χ0v) is 11.7. The van der Waals surface area contributed by atoms with Crippen LogP contribution >= 0.6 is 0 Å². The Bertz CT molecular complexity index is 434. The Balaban J connectivity index is 1.91. The van der Waals surface area contributed by atoms with E-state index in [1.165, 1.54) is 38.5 Å². The third-order valence-corrected chi connectivity index (χ3v) is 3.98. The van der Waals surface area contributed by atoms with Crippen LogP contribution in [0.4, 0.5) is 11.4 Å². The zero-order valence-electron chi connectivity index (χ0n) is 11.7. The standard InChI is InChI=1S/C16H24N2O/c1-12-8-9-14(17)11-15(12)18-16(19)10-13-6-4-2-3-5-7-13/h8-9,11,13H,2-7,10,17H2,1H3,(H,18,19). The molecule has 1 aliphatic carbocycles. The number of benzene rings is 1. The summed E-state index contributed by atoms with van der Waals surface area (Å²) in [6.07, 6.45) is 8.24. The van der Waals surface area contributed by atoms with Crippen molar-refractivity contribution in [3.8, 4) is 0 Å². The van der Waals surface area contributed by atoms with Crippen LogP contribution in [0.2, 0.25) is 0 Å². The van der Waals surface area contributed by atoms with Gasteiger partial charge in [-0.05, 0) is 43.4 Å². The van der Waals surface area contributed by atoms with Crippen molar-refractivity contribution in [1.82, 2.24) is 0 Å². The van der Waals surface area contributed by atoms with E-state index in [1.54, 1.807) is 0 Å². The minimum absolute atomic E-state index is 0.126. The van der Waals surface area contributed by atoms with Crippen LogP contribution in [-0.2, 0) is 4.79 Å². The van der Waals surface area contributed by atoms with Crippen LogP contribution in [0.25, 0.3) is 0 Å². The molecule has 104 valence electrons. The number of anilines is 2. The predicted molar refractivity (Wildman–Crippen MR) is 80.0 cm³/mol. The fourth-order valence-electron chi connectivity index (χ4n) is 2.81.